The Balaban J connectivity index is 0.00000218. The lowest BCUT2D eigenvalue weighted by atomic mass is 9.97. The first-order valence-corrected chi connectivity index (χ1v) is 11.2. The number of benzene rings is 2. The van der Waals surface area contributed by atoms with E-state index in [1.165, 1.54) is 12.8 Å². The number of carbonyl (C=O) groups excluding carboxylic acids is 1. The van der Waals surface area contributed by atoms with Crippen LogP contribution in [-0.4, -0.2) is 40.5 Å². The lowest BCUT2D eigenvalue weighted by Gasteiger charge is -2.36. The van der Waals surface area contributed by atoms with E-state index in [0.29, 0.717) is 12.1 Å². The van der Waals surface area contributed by atoms with Gasteiger partial charge >= 0.3 is 0 Å². The van der Waals surface area contributed by atoms with Crippen LogP contribution in [0.25, 0.3) is 22.2 Å². The fourth-order valence-electron chi connectivity index (χ4n) is 5.37. The summed E-state index contributed by atoms with van der Waals surface area (Å²) in [5.74, 6) is 0.0431. The van der Waals surface area contributed by atoms with Crippen molar-refractivity contribution in [3.05, 3.63) is 58.6 Å². The molecule has 6 heteroatoms. The molecule has 3 aromatic rings. The zero-order chi connectivity index (χ0) is 20.1. The smallest absolute Gasteiger partial charge is 0.254 e. The summed E-state index contributed by atoms with van der Waals surface area (Å²) < 4.78 is 3.13. The van der Waals surface area contributed by atoms with Gasteiger partial charge in [-0.1, -0.05) is 46.3 Å². The molecule has 2 aliphatic heterocycles. The highest BCUT2D eigenvalue weighted by molar-refractivity contribution is 9.10. The van der Waals surface area contributed by atoms with Gasteiger partial charge in [0.05, 0.1) is 11.3 Å². The van der Waals surface area contributed by atoms with Crippen LogP contribution in [0.5, 0.6) is 0 Å². The average molecular weight is 489 g/mol. The van der Waals surface area contributed by atoms with Crippen LogP contribution in [0.15, 0.2) is 53.0 Å². The SMILES string of the molecule is CN1[C@@H]2CC[C@H]1CC(NC(=O)c1c(-c3ccccc3)n(C)c3ccc(Br)cc13)C2.Cl. The summed E-state index contributed by atoms with van der Waals surface area (Å²) in [6, 6.07) is 17.9. The van der Waals surface area contributed by atoms with E-state index in [1.54, 1.807) is 0 Å². The average Bonchev–Trinajstić information content (AvgIpc) is 3.09. The van der Waals surface area contributed by atoms with Crippen LogP contribution in [0.4, 0.5) is 0 Å². The molecule has 1 aromatic heterocycles. The molecule has 4 nitrogen and oxygen atoms in total. The third-order valence-electron chi connectivity index (χ3n) is 6.87. The Kier molecular flexibility index (Phi) is 5.97. The van der Waals surface area contributed by atoms with Gasteiger partial charge in [-0.3, -0.25) is 4.79 Å². The zero-order valence-corrected chi connectivity index (χ0v) is 19.7. The van der Waals surface area contributed by atoms with Crippen LogP contribution >= 0.6 is 28.3 Å². The highest BCUT2D eigenvalue weighted by Gasteiger charge is 2.39. The number of rotatable bonds is 3. The molecule has 2 aromatic carbocycles. The summed E-state index contributed by atoms with van der Waals surface area (Å²) in [4.78, 5) is 16.1. The number of hydrogen-bond acceptors (Lipinski definition) is 2. The lowest BCUT2D eigenvalue weighted by molar-refractivity contribution is 0.0884. The first-order valence-electron chi connectivity index (χ1n) is 10.4. The summed E-state index contributed by atoms with van der Waals surface area (Å²) in [5, 5.41) is 4.39. The van der Waals surface area contributed by atoms with Crippen LogP contribution < -0.4 is 5.32 Å². The lowest BCUT2D eigenvalue weighted by Crippen LogP contribution is -2.48. The summed E-state index contributed by atoms with van der Waals surface area (Å²) in [6.45, 7) is 0. The Labute approximate surface area is 192 Å². The van der Waals surface area contributed by atoms with Crippen molar-refractivity contribution in [2.24, 2.45) is 7.05 Å². The van der Waals surface area contributed by atoms with Crippen LogP contribution in [0.2, 0.25) is 0 Å². The molecule has 0 radical (unpaired) electrons. The minimum atomic E-state index is 0. The van der Waals surface area contributed by atoms with Crippen molar-refractivity contribution in [2.45, 2.75) is 43.8 Å². The molecule has 158 valence electrons. The molecule has 2 fully saturated rings. The number of carbonyl (C=O) groups is 1. The second-order valence-corrected chi connectivity index (χ2v) is 9.42. The Bertz CT molecular complexity index is 1070. The molecule has 2 saturated heterocycles. The van der Waals surface area contributed by atoms with E-state index < -0.39 is 0 Å². The van der Waals surface area contributed by atoms with E-state index in [-0.39, 0.29) is 24.4 Å². The van der Waals surface area contributed by atoms with E-state index in [0.717, 1.165) is 45.0 Å². The predicted molar refractivity (Wildman–Crippen MR) is 128 cm³/mol. The molecule has 1 unspecified atom stereocenters. The maximum Gasteiger partial charge on any atom is 0.254 e. The third kappa shape index (κ3) is 3.57. The van der Waals surface area contributed by atoms with Crippen LogP contribution in [-0.2, 0) is 7.05 Å². The number of nitrogens with one attached hydrogen (secondary N) is 1. The maximum atomic E-state index is 13.6. The van der Waals surface area contributed by atoms with Crippen molar-refractivity contribution in [3.8, 4) is 11.3 Å². The van der Waals surface area contributed by atoms with Crippen LogP contribution in [0.3, 0.4) is 0 Å². The van der Waals surface area contributed by atoms with Gasteiger partial charge in [0.2, 0.25) is 0 Å². The highest BCUT2D eigenvalue weighted by atomic mass is 79.9. The number of aromatic nitrogens is 1. The Morgan fingerprint density at radius 1 is 1.03 bits per heavy atom. The number of fused-ring (bicyclic) bond motifs is 3. The molecule has 1 amide bonds. The quantitative estimate of drug-likeness (QED) is 0.537. The monoisotopic (exact) mass is 487 g/mol. The van der Waals surface area contributed by atoms with Crippen LogP contribution in [0, 0.1) is 0 Å². The minimum Gasteiger partial charge on any atom is -0.349 e. The van der Waals surface area contributed by atoms with Gasteiger partial charge in [0.1, 0.15) is 0 Å². The van der Waals surface area contributed by atoms with Crippen molar-refractivity contribution >= 4 is 45.1 Å². The molecule has 0 aliphatic carbocycles. The van der Waals surface area contributed by atoms with Gasteiger partial charge in [-0.2, -0.15) is 0 Å². The Morgan fingerprint density at radius 3 is 2.37 bits per heavy atom. The van der Waals surface area contributed by atoms with Crippen molar-refractivity contribution in [1.29, 1.82) is 0 Å². The molecular formula is C24H27BrClN3O. The molecule has 3 atom stereocenters. The number of halogens is 2. The first kappa shape index (κ1) is 21.4. The van der Waals surface area contributed by atoms with Gasteiger partial charge in [0.15, 0.2) is 0 Å². The van der Waals surface area contributed by atoms with E-state index in [9.17, 15) is 4.79 Å². The maximum absolute atomic E-state index is 13.6. The van der Waals surface area contributed by atoms with Gasteiger partial charge in [-0.15, -0.1) is 12.4 Å². The Morgan fingerprint density at radius 2 is 1.70 bits per heavy atom. The summed E-state index contributed by atoms with van der Waals surface area (Å²) in [6.07, 6.45) is 4.61. The van der Waals surface area contributed by atoms with Gasteiger partial charge in [0, 0.05) is 40.5 Å². The predicted octanol–water partition coefficient (Wildman–Crippen LogP) is 5.38. The van der Waals surface area contributed by atoms with E-state index in [2.05, 4.69) is 62.0 Å². The molecule has 1 N–H and O–H groups in total. The van der Waals surface area contributed by atoms with Gasteiger partial charge in [-0.25, -0.2) is 0 Å². The number of hydrogen-bond donors (Lipinski definition) is 1. The second-order valence-electron chi connectivity index (χ2n) is 8.50. The number of aryl methyl sites for hydroxylation is 1. The third-order valence-corrected chi connectivity index (χ3v) is 7.36. The van der Waals surface area contributed by atoms with Crippen LogP contribution in [0.1, 0.15) is 36.0 Å². The molecule has 30 heavy (non-hydrogen) atoms. The zero-order valence-electron chi connectivity index (χ0n) is 17.3. The van der Waals surface area contributed by atoms with Gasteiger partial charge in [0.25, 0.3) is 5.91 Å². The van der Waals surface area contributed by atoms with Gasteiger partial charge < -0.3 is 14.8 Å². The van der Waals surface area contributed by atoms with Gasteiger partial charge in [-0.05, 0) is 56.5 Å². The fourth-order valence-corrected chi connectivity index (χ4v) is 5.73. The highest BCUT2D eigenvalue weighted by Crippen LogP contribution is 2.37. The topological polar surface area (TPSA) is 37.3 Å². The fraction of sp³-hybridized carbons (Fsp3) is 0.375. The molecule has 2 aliphatic rings. The molecule has 0 spiro atoms. The van der Waals surface area contributed by atoms with Crippen molar-refractivity contribution in [2.75, 3.05) is 7.05 Å². The number of amides is 1. The summed E-state index contributed by atoms with van der Waals surface area (Å²) in [7, 11) is 4.28. The van der Waals surface area contributed by atoms with Crippen molar-refractivity contribution in [1.82, 2.24) is 14.8 Å². The summed E-state index contributed by atoms with van der Waals surface area (Å²) in [5.41, 5.74) is 3.89. The molecular weight excluding hydrogens is 462 g/mol. The number of nitrogens with zero attached hydrogens (tertiary/aromatic N) is 2. The first-order chi connectivity index (χ1) is 14.0. The molecule has 2 bridgehead atoms. The van der Waals surface area contributed by atoms with E-state index in [1.807, 2.05) is 31.3 Å². The normalized spacial score (nSPS) is 23.4. The van der Waals surface area contributed by atoms with Crippen molar-refractivity contribution in [3.63, 3.8) is 0 Å². The number of piperidine rings is 1. The molecule has 0 saturated carbocycles. The van der Waals surface area contributed by atoms with Crippen molar-refractivity contribution < 1.29 is 4.79 Å². The largest absolute Gasteiger partial charge is 0.349 e. The van der Waals surface area contributed by atoms with E-state index >= 15 is 0 Å². The summed E-state index contributed by atoms with van der Waals surface area (Å²) >= 11 is 3.59. The minimum absolute atomic E-state index is 0. The standard InChI is InChI=1S/C24H26BrN3O.ClH/c1-27-18-9-10-19(27)14-17(13-18)26-24(29)22-20-12-16(25)8-11-21(20)28(2)23(22)15-6-4-3-5-7-15;/h3-8,11-12,17-19H,9-10,13-14H2,1-2H3,(H,26,29);1H/t17?,18-,19+;. The second kappa shape index (κ2) is 8.37. The molecule has 5 rings (SSSR count). The van der Waals surface area contributed by atoms with E-state index in [4.69, 9.17) is 0 Å². The Hall–Kier alpha value is -1.82. The molecule has 3 heterocycles.